The molecule has 3 aromatic rings. The largest absolute Gasteiger partial charge is 0.507 e. The van der Waals surface area contributed by atoms with Crippen LogP contribution in [0, 0.1) is 0 Å². The lowest BCUT2D eigenvalue weighted by molar-refractivity contribution is 0.0946. The van der Waals surface area contributed by atoms with Crippen LogP contribution in [0.1, 0.15) is 20.7 Å². The number of phenolic OH excluding ortho intramolecular Hbond substituents is 2. The molecule has 2 N–H and O–H groups in total. The number of likely N-dealkylation sites (N-methyl/N-ethyl adjacent to an activating group) is 2. The minimum atomic E-state index is -0.226. The van der Waals surface area contributed by atoms with Gasteiger partial charge < -0.3 is 24.4 Å². The topological polar surface area (TPSA) is 94.2 Å². The number of carbonyl (C=O) groups is 2. The third-order valence-corrected chi connectivity index (χ3v) is 4.23. The molecule has 7 nitrogen and oxygen atoms in total. The van der Waals surface area contributed by atoms with E-state index in [0.717, 1.165) is 0 Å². The number of aromatic hydroxyl groups is 2. The number of ketones is 2. The Hall–Kier alpha value is -2.90. The first kappa shape index (κ1) is 18.9. The highest BCUT2D eigenvalue weighted by atomic mass is 16.3. The Labute approximate surface area is 156 Å². The first-order valence-corrected chi connectivity index (χ1v) is 8.45. The van der Waals surface area contributed by atoms with E-state index in [9.17, 15) is 19.8 Å². The Morgan fingerprint density at radius 3 is 1.48 bits per heavy atom. The third kappa shape index (κ3) is 3.65. The Kier molecular flexibility index (Phi) is 4.91. The van der Waals surface area contributed by atoms with Gasteiger partial charge in [0.05, 0.1) is 24.2 Å². The van der Waals surface area contributed by atoms with Crippen molar-refractivity contribution in [1.29, 1.82) is 0 Å². The normalized spacial score (nSPS) is 11.8. The van der Waals surface area contributed by atoms with E-state index in [1.54, 1.807) is 50.1 Å². The SMILES string of the molecule is CN(C)CC(=O)c1cc2c(cc1O)oc1cc(O)c(C(=O)CN(C)C)cc12. The molecule has 142 valence electrons. The van der Waals surface area contributed by atoms with Crippen LogP contribution in [0.4, 0.5) is 0 Å². The van der Waals surface area contributed by atoms with Gasteiger partial charge in [-0.15, -0.1) is 0 Å². The molecule has 0 unspecified atom stereocenters. The summed E-state index contributed by atoms with van der Waals surface area (Å²) in [5.41, 5.74) is 1.13. The maximum atomic E-state index is 12.4. The lowest BCUT2D eigenvalue weighted by Crippen LogP contribution is -2.21. The molecule has 0 amide bonds. The van der Waals surface area contributed by atoms with Crippen LogP contribution in [0.25, 0.3) is 21.9 Å². The van der Waals surface area contributed by atoms with E-state index in [4.69, 9.17) is 4.42 Å². The molecular weight excluding hydrogens is 348 g/mol. The Morgan fingerprint density at radius 2 is 1.15 bits per heavy atom. The molecule has 0 atom stereocenters. The summed E-state index contributed by atoms with van der Waals surface area (Å²) in [7, 11) is 7.08. The second-order valence-electron chi connectivity index (χ2n) is 7.16. The van der Waals surface area contributed by atoms with Crippen LogP contribution in [-0.4, -0.2) is 72.9 Å². The molecule has 0 radical (unpaired) electrons. The van der Waals surface area contributed by atoms with E-state index in [1.165, 1.54) is 12.1 Å². The van der Waals surface area contributed by atoms with E-state index >= 15 is 0 Å². The van der Waals surface area contributed by atoms with Gasteiger partial charge in [-0.25, -0.2) is 0 Å². The average molecular weight is 370 g/mol. The number of furan rings is 1. The summed E-state index contributed by atoms with van der Waals surface area (Å²) in [5.74, 6) is -0.782. The van der Waals surface area contributed by atoms with Crippen LogP contribution >= 0.6 is 0 Å². The molecule has 0 spiro atoms. The van der Waals surface area contributed by atoms with Crippen molar-refractivity contribution in [3.8, 4) is 11.5 Å². The molecule has 0 saturated heterocycles. The highest BCUT2D eigenvalue weighted by molar-refractivity contribution is 6.13. The minimum Gasteiger partial charge on any atom is -0.507 e. The second kappa shape index (κ2) is 7.02. The van der Waals surface area contributed by atoms with Crippen molar-refractivity contribution in [3.05, 3.63) is 35.4 Å². The smallest absolute Gasteiger partial charge is 0.180 e. The molecule has 0 bridgehead atoms. The number of hydrogen-bond acceptors (Lipinski definition) is 7. The number of phenols is 2. The van der Waals surface area contributed by atoms with Crippen molar-refractivity contribution in [1.82, 2.24) is 9.80 Å². The fourth-order valence-electron chi connectivity index (χ4n) is 3.04. The summed E-state index contributed by atoms with van der Waals surface area (Å²) in [6, 6.07) is 5.91. The van der Waals surface area contributed by atoms with Gasteiger partial charge >= 0.3 is 0 Å². The van der Waals surface area contributed by atoms with Gasteiger partial charge in [0.25, 0.3) is 0 Å². The van der Waals surface area contributed by atoms with Gasteiger partial charge in [0.2, 0.25) is 0 Å². The quantitative estimate of drug-likeness (QED) is 0.644. The number of carbonyl (C=O) groups excluding carboxylic acids is 2. The maximum absolute atomic E-state index is 12.4. The third-order valence-electron chi connectivity index (χ3n) is 4.23. The summed E-state index contributed by atoms with van der Waals surface area (Å²) < 4.78 is 5.68. The molecule has 3 rings (SSSR count). The highest BCUT2D eigenvalue weighted by Crippen LogP contribution is 2.36. The minimum absolute atomic E-state index is 0.155. The van der Waals surface area contributed by atoms with Gasteiger partial charge in [0.15, 0.2) is 11.6 Å². The summed E-state index contributed by atoms with van der Waals surface area (Å²) in [6.45, 7) is 0.310. The van der Waals surface area contributed by atoms with E-state index in [0.29, 0.717) is 21.9 Å². The Morgan fingerprint density at radius 1 is 0.778 bits per heavy atom. The van der Waals surface area contributed by atoms with Crippen LogP contribution in [0.3, 0.4) is 0 Å². The molecule has 0 fully saturated rings. The number of Topliss-reactive ketones (excluding diaryl/α,β-unsaturated/α-hetero) is 2. The highest BCUT2D eigenvalue weighted by Gasteiger charge is 2.20. The predicted octanol–water partition coefficient (Wildman–Crippen LogP) is 2.49. The molecule has 2 aromatic carbocycles. The first-order chi connectivity index (χ1) is 12.7. The van der Waals surface area contributed by atoms with Crippen molar-refractivity contribution >= 4 is 33.5 Å². The fourth-order valence-corrected chi connectivity index (χ4v) is 3.04. The standard InChI is InChI=1S/C20H22N2O5/c1-21(2)9-17(25)13-5-11-12-6-14(18(26)10-22(3)4)16(24)8-20(12)27-19(11)7-15(13)23/h5-8,23-24H,9-10H2,1-4H3. The van der Waals surface area contributed by atoms with Crippen LogP contribution in [-0.2, 0) is 0 Å². The Bertz CT molecular complexity index is 967. The summed E-state index contributed by atoms with van der Waals surface area (Å²) in [5, 5.41) is 21.6. The summed E-state index contributed by atoms with van der Waals surface area (Å²) in [4.78, 5) is 28.2. The summed E-state index contributed by atoms with van der Waals surface area (Å²) >= 11 is 0. The van der Waals surface area contributed by atoms with Crippen molar-refractivity contribution in [2.75, 3.05) is 41.3 Å². The maximum Gasteiger partial charge on any atom is 0.180 e. The zero-order valence-electron chi connectivity index (χ0n) is 15.7. The number of benzene rings is 2. The molecule has 0 aliphatic rings. The lowest BCUT2D eigenvalue weighted by Gasteiger charge is -2.10. The molecule has 1 heterocycles. The molecule has 27 heavy (non-hydrogen) atoms. The van der Waals surface area contributed by atoms with Crippen LogP contribution in [0.5, 0.6) is 11.5 Å². The van der Waals surface area contributed by atoms with Crippen LogP contribution in [0.2, 0.25) is 0 Å². The van der Waals surface area contributed by atoms with E-state index in [2.05, 4.69) is 0 Å². The van der Waals surface area contributed by atoms with Gasteiger partial charge in [-0.2, -0.15) is 0 Å². The van der Waals surface area contributed by atoms with Gasteiger partial charge in [-0.05, 0) is 40.3 Å². The number of hydrogen-bond donors (Lipinski definition) is 2. The molecular formula is C20H22N2O5. The van der Waals surface area contributed by atoms with Gasteiger partial charge in [0.1, 0.15) is 22.7 Å². The number of fused-ring (bicyclic) bond motifs is 3. The summed E-state index contributed by atoms with van der Waals surface area (Å²) in [6.07, 6.45) is 0. The van der Waals surface area contributed by atoms with Crippen molar-refractivity contribution in [3.63, 3.8) is 0 Å². The van der Waals surface area contributed by atoms with Gasteiger partial charge in [-0.1, -0.05) is 0 Å². The monoisotopic (exact) mass is 370 g/mol. The van der Waals surface area contributed by atoms with Crippen molar-refractivity contribution < 1.29 is 24.2 Å². The second-order valence-corrected chi connectivity index (χ2v) is 7.16. The lowest BCUT2D eigenvalue weighted by atomic mass is 10.0. The number of rotatable bonds is 6. The Balaban J connectivity index is 2.18. The number of nitrogens with zero attached hydrogens (tertiary/aromatic N) is 2. The first-order valence-electron chi connectivity index (χ1n) is 8.45. The molecule has 1 aromatic heterocycles. The van der Waals surface area contributed by atoms with Gasteiger partial charge in [0, 0.05) is 22.9 Å². The van der Waals surface area contributed by atoms with Crippen LogP contribution in [0.15, 0.2) is 28.7 Å². The zero-order valence-corrected chi connectivity index (χ0v) is 15.7. The molecule has 0 aliphatic heterocycles. The van der Waals surface area contributed by atoms with E-state index in [1.807, 2.05) is 0 Å². The fraction of sp³-hybridized carbons (Fsp3) is 0.300. The predicted molar refractivity (Wildman–Crippen MR) is 103 cm³/mol. The van der Waals surface area contributed by atoms with E-state index in [-0.39, 0.29) is 47.3 Å². The molecule has 0 saturated carbocycles. The van der Waals surface area contributed by atoms with Crippen LogP contribution < -0.4 is 0 Å². The van der Waals surface area contributed by atoms with Gasteiger partial charge in [-0.3, -0.25) is 9.59 Å². The molecule has 7 heteroatoms. The molecule has 0 aliphatic carbocycles. The van der Waals surface area contributed by atoms with E-state index < -0.39 is 0 Å². The van der Waals surface area contributed by atoms with Crippen molar-refractivity contribution in [2.24, 2.45) is 0 Å². The average Bonchev–Trinajstić information content (AvgIpc) is 2.87. The zero-order chi connectivity index (χ0) is 19.9. The van der Waals surface area contributed by atoms with Crippen molar-refractivity contribution in [2.45, 2.75) is 0 Å².